The van der Waals surface area contributed by atoms with Crippen molar-refractivity contribution in [2.75, 3.05) is 128 Å². The van der Waals surface area contributed by atoms with Crippen molar-refractivity contribution in [3.05, 3.63) is 147 Å². The number of nitrogens with one attached hydrogen (secondary N) is 7. The van der Waals surface area contributed by atoms with E-state index in [0.29, 0.717) is 81.2 Å². The Labute approximate surface area is 825 Å². The minimum Gasteiger partial charge on any atom is -0.870 e. The molecule has 5 saturated heterocycles. The number of esters is 2. The summed E-state index contributed by atoms with van der Waals surface area (Å²) in [6.45, 7) is 29.4. The molecule has 0 atom stereocenters. The van der Waals surface area contributed by atoms with Gasteiger partial charge in [0, 0.05) is 144 Å². The Morgan fingerprint density at radius 1 is 0.391 bits per heavy atom. The van der Waals surface area contributed by atoms with Crippen LogP contribution in [0.5, 0.6) is 0 Å². The van der Waals surface area contributed by atoms with E-state index < -0.39 is 138 Å². The van der Waals surface area contributed by atoms with E-state index in [1.165, 1.54) is 39.7 Å². The first-order valence-corrected chi connectivity index (χ1v) is 44.7. The molecule has 15 rings (SSSR count). The third-order valence-corrected chi connectivity index (χ3v) is 24.9. The van der Waals surface area contributed by atoms with Gasteiger partial charge in [0.25, 0.3) is 11.8 Å². The zero-order valence-corrected chi connectivity index (χ0v) is 84.1. The average Bonchev–Trinajstić information content (AvgIpc) is 1.57. The van der Waals surface area contributed by atoms with E-state index in [4.69, 9.17) is 29.8 Å². The average molecular weight is 1990 g/mol. The number of amides is 6. The van der Waals surface area contributed by atoms with Crippen LogP contribution in [0.25, 0.3) is 0 Å². The summed E-state index contributed by atoms with van der Waals surface area (Å²) in [7, 11) is 6.28. The summed E-state index contributed by atoms with van der Waals surface area (Å²) in [6.07, 6.45) is 11.7. The summed E-state index contributed by atoms with van der Waals surface area (Å²) >= 11 is 0. The Kier molecular flexibility index (Phi) is 39.9. The quantitative estimate of drug-likeness (QED) is 0.0172. The van der Waals surface area contributed by atoms with Gasteiger partial charge in [0.1, 0.15) is 114 Å². The Morgan fingerprint density at radius 3 is 0.848 bits per heavy atom. The molecule has 10 fully saturated rings. The molecule has 10 aliphatic rings. The first kappa shape index (κ1) is 116. The second-order valence-corrected chi connectivity index (χ2v) is 40.5. The topological polar surface area (TPSA) is 426 Å². The number of hydrogen-bond donors (Lipinski definition) is 10. The molecule has 6 amide bonds. The number of methoxy groups -OCH3 is 2. The summed E-state index contributed by atoms with van der Waals surface area (Å²) in [5.74, 6) is -14.6. The number of anilines is 5. The number of halogens is 11. The number of nitrogens with two attached hydrogens (primary N) is 2. The Hall–Kier alpha value is -10.3. The molecular formula is C95H129ClF10N13NaO18. The van der Waals surface area contributed by atoms with Crippen molar-refractivity contribution < 1.29 is 160 Å². The van der Waals surface area contributed by atoms with Gasteiger partial charge in [0.2, 0.25) is 0 Å². The van der Waals surface area contributed by atoms with Crippen LogP contribution in [0.4, 0.5) is 91.5 Å². The van der Waals surface area contributed by atoms with Crippen LogP contribution in [-0.2, 0) is 33.2 Å². The van der Waals surface area contributed by atoms with Crippen molar-refractivity contribution in [1.82, 2.24) is 35.6 Å². The number of likely N-dealkylation sites (tertiary alicyclic amines) is 4. The summed E-state index contributed by atoms with van der Waals surface area (Å²) < 4.78 is 168. The number of hydrogen-bond acceptors (Lipinski definition) is 24. The molecule has 5 aliphatic heterocycles. The first-order chi connectivity index (χ1) is 62.9. The van der Waals surface area contributed by atoms with Gasteiger partial charge >= 0.3 is 71.8 Å². The van der Waals surface area contributed by atoms with E-state index in [2.05, 4.69) is 52.4 Å². The van der Waals surface area contributed by atoms with Crippen molar-refractivity contribution in [2.45, 2.75) is 226 Å². The van der Waals surface area contributed by atoms with Gasteiger partial charge in [0.05, 0.1) is 14.2 Å². The van der Waals surface area contributed by atoms with Crippen molar-refractivity contribution >= 4 is 101 Å². The van der Waals surface area contributed by atoms with Crippen molar-refractivity contribution in [3.8, 4) is 0 Å². The number of carboxylic acid groups (broad SMARTS) is 1. The van der Waals surface area contributed by atoms with Crippen LogP contribution in [0.1, 0.15) is 231 Å². The minimum absolute atomic E-state index is 0. The maximum absolute atomic E-state index is 14.1. The van der Waals surface area contributed by atoms with Gasteiger partial charge < -0.3 is 107 Å². The molecule has 43 heteroatoms. The molecule has 0 aromatic heterocycles. The van der Waals surface area contributed by atoms with E-state index in [-0.39, 0.29) is 135 Å². The third kappa shape index (κ3) is 30.6. The molecule has 0 unspecified atom stereocenters. The molecule has 5 heterocycles. The summed E-state index contributed by atoms with van der Waals surface area (Å²) in [6, 6.07) is 11.0. The Bertz CT molecular complexity index is 4950. The smallest absolute Gasteiger partial charge is 0.870 e. The number of ether oxygens (including phenoxy) is 6. The first-order valence-electron chi connectivity index (χ1n) is 44.7. The molecule has 0 bridgehead atoms. The second-order valence-electron chi connectivity index (χ2n) is 40.5. The van der Waals surface area contributed by atoms with Crippen molar-refractivity contribution in [1.29, 1.82) is 0 Å². The molecule has 5 saturated carbocycles. The van der Waals surface area contributed by atoms with Gasteiger partial charge in [-0.3, -0.25) is 14.4 Å². The number of nitrogen functional groups attached to an aromatic ring is 1. The zero-order chi connectivity index (χ0) is 100. The zero-order valence-electron chi connectivity index (χ0n) is 81.3. The van der Waals surface area contributed by atoms with Gasteiger partial charge in [-0.25, -0.2) is 77.5 Å². The van der Waals surface area contributed by atoms with E-state index in [1.54, 1.807) is 19.6 Å². The van der Waals surface area contributed by atoms with Gasteiger partial charge in [-0.15, -0.1) is 12.4 Å². The summed E-state index contributed by atoms with van der Waals surface area (Å²) in [4.78, 5) is 122. The van der Waals surface area contributed by atoms with Crippen LogP contribution < -0.4 is 78.2 Å². The van der Waals surface area contributed by atoms with E-state index in [0.717, 1.165) is 159 Å². The number of benzene rings is 5. The summed E-state index contributed by atoms with van der Waals surface area (Å²) in [5.41, 5.74) is 5.78. The fourth-order valence-corrected chi connectivity index (χ4v) is 18.9. The molecule has 13 N–H and O–H groups in total. The molecule has 5 aromatic rings. The molecule has 138 heavy (non-hydrogen) atoms. The molecule has 5 spiro atoms. The van der Waals surface area contributed by atoms with Crippen LogP contribution in [0.15, 0.2) is 60.7 Å². The van der Waals surface area contributed by atoms with Crippen LogP contribution in [0.3, 0.4) is 0 Å². The van der Waals surface area contributed by atoms with E-state index >= 15 is 0 Å². The third-order valence-electron chi connectivity index (χ3n) is 24.9. The van der Waals surface area contributed by atoms with Crippen LogP contribution in [0.2, 0.25) is 0 Å². The predicted octanol–water partition coefficient (Wildman–Crippen LogP) is 13.4. The number of carbonyl (C=O) groups excluding carboxylic acids is 9. The maximum atomic E-state index is 14.1. The Morgan fingerprint density at radius 2 is 0.623 bits per heavy atom. The predicted molar refractivity (Wildman–Crippen MR) is 492 cm³/mol. The fraction of sp³-hybridized carbons (Fsp3) is 0.579. The standard InChI is InChI=1S/C20H27F2N3O3.C20H26F2N2O4.C19H24F2N2O4.C15H19F2N3O.C12H19NO3.C8H7F2NO2.CH5N.ClH.Na.H2O/c1-19(2,3)28-18(27)25-6-5-20(11-25)9-13(10-20)24-12-7-14(21)16(15(22)8-12)17(26)23-4;1-19(2,3)28-18(26)24-6-5-20(11-24)9-13(10-20)23-12-7-14(21)16(15(22)8-12)17(25)27-4;1-18(2,3)27-17(26)23-5-4-19(10-23)8-12(9-19)22-11-6-13(20)15(16(24)25)14(21)7-11;1-18-14(21)13-11(16)4-9(5-12(13)17)20-10-6-15(7-10)2-3-19-8-15;1-11(2,3)16-10(15)13-5-4-12(8-13)6-9(14)7-12;1-13-8(12)7-5(9)2-4(11)3-6(7)10;1-2;;;/h7-8,13,24H,5-6,9-11H2,1-4H3,(H,23,26);7-8,13,23H,5-6,9-11H2,1-4H3;6-7,12,22H,4-5,8-10H2,1-3H3,(H,24,25);4-5,10,19-20H,2-3,6-8H2,1H3,(H,18,21);4-8H2,1-3H3;2-3H,11H2,1H3;2H2,1H3;1H;;1H2/q;;;;;;;;+1;/p-1. The molecule has 31 nitrogen and oxygen atoms in total. The van der Waals surface area contributed by atoms with Gasteiger partial charge in [-0.1, -0.05) is 0 Å². The molecule has 5 aromatic carbocycles. The van der Waals surface area contributed by atoms with E-state index in [1.807, 2.05) is 83.1 Å². The number of ketones is 1. The molecular weight excluding hydrogens is 1860 g/mol. The largest absolute Gasteiger partial charge is 1.00 e. The number of carbonyl (C=O) groups is 10. The van der Waals surface area contributed by atoms with Crippen molar-refractivity contribution in [2.24, 2.45) is 32.8 Å². The molecule has 5 aliphatic carbocycles. The number of carboxylic acids is 1. The molecule has 0 radical (unpaired) electrons. The maximum Gasteiger partial charge on any atom is 1.00 e. The van der Waals surface area contributed by atoms with Crippen LogP contribution >= 0.6 is 12.4 Å². The van der Waals surface area contributed by atoms with Crippen molar-refractivity contribution in [3.63, 3.8) is 0 Å². The normalized spacial score (nSPS) is 22.4. The van der Waals surface area contributed by atoms with Crippen LogP contribution in [0, 0.1) is 85.2 Å². The number of rotatable bonds is 13. The number of nitrogens with zero attached hydrogens (tertiary/aromatic N) is 4. The van der Waals surface area contributed by atoms with Crippen LogP contribution in [-0.4, -0.2) is 237 Å². The monoisotopic (exact) mass is 1990 g/mol. The second kappa shape index (κ2) is 47.3. The number of Topliss-reactive ketones (excluding diaryl/α,β-unsaturated/α-hetero) is 1. The van der Waals surface area contributed by atoms with Gasteiger partial charge in [-0.05, 0) is 262 Å². The minimum atomic E-state index is -1.63. The van der Waals surface area contributed by atoms with E-state index in [9.17, 15) is 91.8 Å². The summed E-state index contributed by atoms with van der Waals surface area (Å²) in [5, 5.41) is 29.1. The fourth-order valence-electron chi connectivity index (χ4n) is 18.9. The molecule has 760 valence electrons. The SMILES string of the molecule is CC(C)(C)OC(=O)N1CCC2(CC(=O)C2)C1.CC(C)(C)OC(=O)N1CCC2(CC(Nc3cc(F)c(C(=O)O)c(F)c3)C2)C1.CN.CNC(=O)c1c(F)cc(NC2CC3(CCN(C(=O)OC(C)(C)C)C3)C2)cc1F.CNC(=O)c1c(F)cc(NC2CC3(CCNC3)C2)cc1F.COC(=O)c1c(F)cc(N)cc1F.COC(=O)c1c(F)cc(NC2CC3(CCN(C(=O)OC(C)(C)C)C3)C2)cc1F.Cl.[Na+].[OH-]. The Balaban J connectivity index is 0.000000256. The van der Waals surface area contributed by atoms with Gasteiger partial charge in [-0.2, -0.15) is 0 Å². The van der Waals surface area contributed by atoms with Gasteiger partial charge in [0.15, 0.2) is 0 Å². The number of aromatic carboxylic acids is 1.